The predicted octanol–water partition coefficient (Wildman–Crippen LogP) is 4.28. The van der Waals surface area contributed by atoms with Crippen LogP contribution in [-0.2, 0) is 0 Å². The van der Waals surface area contributed by atoms with Crippen LogP contribution in [-0.4, -0.2) is 4.98 Å². The first-order valence-electron chi connectivity index (χ1n) is 6.70. The number of rotatable bonds is 4. The first-order chi connectivity index (χ1) is 9.93. The summed E-state index contributed by atoms with van der Waals surface area (Å²) in [6, 6.07) is 24.9. The van der Waals surface area contributed by atoms with E-state index in [9.17, 15) is 0 Å². The summed E-state index contributed by atoms with van der Waals surface area (Å²) in [5, 5.41) is 3.58. The fourth-order valence-electron chi connectivity index (χ4n) is 2.26. The van der Waals surface area contributed by atoms with Crippen molar-refractivity contribution < 1.29 is 0 Å². The fraction of sp³-hybridized carbons (Fsp3) is 0.0556. The van der Waals surface area contributed by atoms with Crippen LogP contribution in [0.3, 0.4) is 0 Å². The number of hydrogen-bond acceptors (Lipinski definition) is 2. The lowest BCUT2D eigenvalue weighted by Gasteiger charge is -2.21. The lowest BCUT2D eigenvalue weighted by molar-refractivity contribution is 0.934. The van der Waals surface area contributed by atoms with Gasteiger partial charge in [0.15, 0.2) is 0 Å². The molecule has 2 nitrogen and oxygen atoms in total. The molecule has 20 heavy (non-hydrogen) atoms. The Kier molecular flexibility index (Phi) is 3.74. The SMILES string of the molecule is c1ccc(N[C@@H](c2ccccc2)c2ccncc2)cc1. The van der Waals surface area contributed by atoms with Gasteiger partial charge in [-0.3, -0.25) is 4.98 Å². The Morgan fingerprint density at radius 3 is 1.85 bits per heavy atom. The highest BCUT2D eigenvalue weighted by atomic mass is 14.9. The van der Waals surface area contributed by atoms with Gasteiger partial charge in [0.05, 0.1) is 6.04 Å². The summed E-state index contributed by atoms with van der Waals surface area (Å²) in [6.45, 7) is 0. The molecule has 0 bridgehead atoms. The largest absolute Gasteiger partial charge is 0.374 e. The second-order valence-electron chi connectivity index (χ2n) is 4.63. The zero-order valence-corrected chi connectivity index (χ0v) is 11.1. The van der Waals surface area contributed by atoms with Crippen LogP contribution in [0.1, 0.15) is 17.2 Å². The summed E-state index contributed by atoms with van der Waals surface area (Å²) in [6.07, 6.45) is 3.66. The second-order valence-corrected chi connectivity index (χ2v) is 4.63. The third-order valence-electron chi connectivity index (χ3n) is 3.26. The molecule has 1 heterocycles. The van der Waals surface area contributed by atoms with Gasteiger partial charge in [-0.1, -0.05) is 48.5 Å². The van der Waals surface area contributed by atoms with Gasteiger partial charge in [-0.15, -0.1) is 0 Å². The molecule has 2 heteroatoms. The van der Waals surface area contributed by atoms with Gasteiger partial charge in [-0.05, 0) is 35.4 Å². The summed E-state index contributed by atoms with van der Waals surface area (Å²) in [5.74, 6) is 0. The van der Waals surface area contributed by atoms with E-state index in [0.717, 1.165) is 5.69 Å². The standard InChI is InChI=1S/C18H16N2/c1-3-7-15(8-4-1)18(16-11-13-19-14-12-16)20-17-9-5-2-6-10-17/h1-14,18,20H/t18-/m0/s1. The van der Waals surface area contributed by atoms with Gasteiger partial charge >= 0.3 is 0 Å². The highest BCUT2D eigenvalue weighted by Crippen LogP contribution is 2.25. The number of pyridine rings is 1. The summed E-state index contributed by atoms with van der Waals surface area (Å²) >= 11 is 0. The Labute approximate surface area is 119 Å². The van der Waals surface area contributed by atoms with E-state index < -0.39 is 0 Å². The summed E-state index contributed by atoms with van der Waals surface area (Å²) in [5.41, 5.74) is 3.55. The van der Waals surface area contributed by atoms with Crippen molar-refractivity contribution in [2.24, 2.45) is 0 Å². The molecule has 0 aliphatic carbocycles. The average molecular weight is 260 g/mol. The number of para-hydroxylation sites is 1. The maximum atomic E-state index is 4.10. The molecule has 0 unspecified atom stereocenters. The van der Waals surface area contributed by atoms with Crippen LogP contribution in [0.2, 0.25) is 0 Å². The molecule has 0 amide bonds. The molecule has 1 N–H and O–H groups in total. The van der Waals surface area contributed by atoms with Crippen LogP contribution in [0, 0.1) is 0 Å². The van der Waals surface area contributed by atoms with Crippen molar-refractivity contribution in [1.29, 1.82) is 0 Å². The topological polar surface area (TPSA) is 24.9 Å². The fourth-order valence-corrected chi connectivity index (χ4v) is 2.26. The van der Waals surface area contributed by atoms with Crippen LogP contribution >= 0.6 is 0 Å². The Balaban J connectivity index is 1.96. The predicted molar refractivity (Wildman–Crippen MR) is 82.6 cm³/mol. The molecule has 0 aliphatic rings. The number of benzene rings is 2. The van der Waals surface area contributed by atoms with Crippen LogP contribution in [0.15, 0.2) is 85.2 Å². The number of nitrogens with one attached hydrogen (secondary N) is 1. The molecule has 0 saturated carbocycles. The van der Waals surface area contributed by atoms with Gasteiger partial charge in [0.2, 0.25) is 0 Å². The lowest BCUT2D eigenvalue weighted by atomic mass is 9.99. The molecule has 1 aromatic heterocycles. The second kappa shape index (κ2) is 6.02. The van der Waals surface area contributed by atoms with Gasteiger partial charge in [0.25, 0.3) is 0 Å². The molecular weight excluding hydrogens is 244 g/mol. The monoisotopic (exact) mass is 260 g/mol. The molecular formula is C18H16N2. The number of nitrogens with zero attached hydrogens (tertiary/aromatic N) is 1. The van der Waals surface area contributed by atoms with E-state index in [1.54, 1.807) is 0 Å². The first kappa shape index (κ1) is 12.4. The van der Waals surface area contributed by atoms with E-state index in [0.29, 0.717) is 0 Å². The lowest BCUT2D eigenvalue weighted by Crippen LogP contribution is -2.12. The average Bonchev–Trinajstić information content (AvgIpc) is 2.55. The Morgan fingerprint density at radius 1 is 0.650 bits per heavy atom. The van der Waals surface area contributed by atoms with Crippen molar-refractivity contribution in [3.63, 3.8) is 0 Å². The molecule has 0 radical (unpaired) electrons. The summed E-state index contributed by atoms with van der Waals surface area (Å²) in [7, 11) is 0. The Hall–Kier alpha value is -2.61. The quantitative estimate of drug-likeness (QED) is 0.757. The minimum absolute atomic E-state index is 0.126. The van der Waals surface area contributed by atoms with E-state index in [1.165, 1.54) is 11.1 Å². The van der Waals surface area contributed by atoms with Crippen molar-refractivity contribution >= 4 is 5.69 Å². The van der Waals surface area contributed by atoms with Crippen molar-refractivity contribution in [3.8, 4) is 0 Å². The van der Waals surface area contributed by atoms with Crippen LogP contribution in [0.25, 0.3) is 0 Å². The Bertz CT molecular complexity index is 597. The molecule has 0 fully saturated rings. The van der Waals surface area contributed by atoms with Gasteiger partial charge in [0.1, 0.15) is 0 Å². The number of aromatic nitrogens is 1. The van der Waals surface area contributed by atoms with Gasteiger partial charge in [0, 0.05) is 18.1 Å². The van der Waals surface area contributed by atoms with E-state index in [2.05, 4.69) is 46.7 Å². The normalized spacial score (nSPS) is 11.8. The summed E-state index contributed by atoms with van der Waals surface area (Å²) in [4.78, 5) is 4.10. The molecule has 2 aromatic carbocycles. The molecule has 3 aromatic rings. The van der Waals surface area contributed by atoms with Gasteiger partial charge in [-0.2, -0.15) is 0 Å². The summed E-state index contributed by atoms with van der Waals surface area (Å²) < 4.78 is 0. The van der Waals surface area contributed by atoms with Crippen molar-refractivity contribution in [2.45, 2.75) is 6.04 Å². The minimum atomic E-state index is 0.126. The van der Waals surface area contributed by atoms with Crippen LogP contribution < -0.4 is 5.32 Å². The van der Waals surface area contributed by atoms with E-state index in [4.69, 9.17) is 0 Å². The van der Waals surface area contributed by atoms with Crippen molar-refractivity contribution in [1.82, 2.24) is 4.98 Å². The van der Waals surface area contributed by atoms with Gasteiger partial charge in [-0.25, -0.2) is 0 Å². The molecule has 98 valence electrons. The van der Waals surface area contributed by atoms with E-state index in [1.807, 2.05) is 48.8 Å². The Morgan fingerprint density at radius 2 is 1.20 bits per heavy atom. The van der Waals surface area contributed by atoms with Crippen LogP contribution in [0.4, 0.5) is 5.69 Å². The maximum absolute atomic E-state index is 4.10. The third-order valence-corrected chi connectivity index (χ3v) is 3.26. The van der Waals surface area contributed by atoms with E-state index in [-0.39, 0.29) is 6.04 Å². The van der Waals surface area contributed by atoms with Crippen LogP contribution in [0.5, 0.6) is 0 Å². The smallest absolute Gasteiger partial charge is 0.0768 e. The molecule has 0 aliphatic heterocycles. The minimum Gasteiger partial charge on any atom is -0.374 e. The first-order valence-corrected chi connectivity index (χ1v) is 6.70. The van der Waals surface area contributed by atoms with Crippen molar-refractivity contribution in [2.75, 3.05) is 5.32 Å². The molecule has 0 spiro atoms. The number of anilines is 1. The number of hydrogen-bond donors (Lipinski definition) is 1. The van der Waals surface area contributed by atoms with Gasteiger partial charge < -0.3 is 5.32 Å². The molecule has 0 saturated heterocycles. The third kappa shape index (κ3) is 2.86. The molecule has 3 rings (SSSR count). The van der Waals surface area contributed by atoms with E-state index >= 15 is 0 Å². The molecule has 1 atom stereocenters. The zero-order chi connectivity index (χ0) is 13.6. The van der Waals surface area contributed by atoms with Crippen molar-refractivity contribution in [3.05, 3.63) is 96.3 Å². The maximum Gasteiger partial charge on any atom is 0.0768 e. The highest BCUT2D eigenvalue weighted by Gasteiger charge is 2.13. The zero-order valence-electron chi connectivity index (χ0n) is 11.1. The highest BCUT2D eigenvalue weighted by molar-refractivity contribution is 5.48.